The third-order valence-corrected chi connectivity index (χ3v) is 3.49. The Morgan fingerprint density at radius 2 is 2.15 bits per heavy atom. The van der Waals surface area contributed by atoms with Crippen LogP contribution in [0.3, 0.4) is 0 Å². The molecule has 0 atom stereocenters. The maximum atomic E-state index is 6.17. The number of nitrogens with zero attached hydrogens (tertiary/aromatic N) is 3. The van der Waals surface area contributed by atoms with Gasteiger partial charge in [-0.05, 0) is 36.7 Å². The molecule has 4 nitrogen and oxygen atoms in total. The van der Waals surface area contributed by atoms with Crippen LogP contribution in [0.2, 0.25) is 0 Å². The van der Waals surface area contributed by atoms with Crippen LogP contribution in [0.1, 0.15) is 30.1 Å². The van der Waals surface area contributed by atoms with Crippen LogP contribution in [0.5, 0.6) is 0 Å². The largest absolute Gasteiger partial charge is 0.250 e. The molecular weight excluding hydrogens is 292 g/mol. The van der Waals surface area contributed by atoms with Crippen molar-refractivity contribution in [1.29, 1.82) is 0 Å². The van der Waals surface area contributed by atoms with Crippen molar-refractivity contribution in [3.63, 3.8) is 0 Å². The van der Waals surface area contributed by atoms with Gasteiger partial charge in [0.25, 0.3) is 0 Å². The summed E-state index contributed by atoms with van der Waals surface area (Å²) in [6.07, 6.45) is 5.72. The summed E-state index contributed by atoms with van der Waals surface area (Å²) in [6.45, 7) is 0. The second-order valence-electron chi connectivity index (χ2n) is 4.66. The molecule has 6 heteroatoms. The molecule has 1 aromatic heterocycles. The number of hydrogen-bond acceptors (Lipinski definition) is 3. The minimum Gasteiger partial charge on any atom is -0.250 e. The molecule has 0 bridgehead atoms. The van der Waals surface area contributed by atoms with E-state index in [4.69, 9.17) is 23.8 Å². The molecule has 1 aliphatic rings. The molecule has 3 rings (SSSR count). The zero-order chi connectivity index (χ0) is 13.9. The predicted molar refractivity (Wildman–Crippen MR) is 83.5 cm³/mol. The summed E-state index contributed by atoms with van der Waals surface area (Å²) in [5, 5.41) is 11.8. The normalized spacial score (nSPS) is 15.9. The lowest BCUT2D eigenvalue weighted by Gasteiger charge is -1.97. The summed E-state index contributed by atoms with van der Waals surface area (Å²) >= 11 is 11.3. The summed E-state index contributed by atoms with van der Waals surface area (Å²) in [5.74, 6) is 1.35. The van der Waals surface area contributed by atoms with E-state index in [1.54, 1.807) is 10.9 Å². The SMILES string of the molecule is S=c1[nH]nc(C2CC2)n1N=C/C(Cl)=C/c1ccccc1. The fourth-order valence-electron chi connectivity index (χ4n) is 1.88. The highest BCUT2D eigenvalue weighted by atomic mass is 35.5. The van der Waals surface area contributed by atoms with Crippen LogP contribution in [-0.2, 0) is 0 Å². The van der Waals surface area contributed by atoms with Gasteiger partial charge in [0.1, 0.15) is 0 Å². The molecule has 102 valence electrons. The summed E-state index contributed by atoms with van der Waals surface area (Å²) in [7, 11) is 0. The highest BCUT2D eigenvalue weighted by molar-refractivity contribution is 7.71. The monoisotopic (exact) mass is 304 g/mol. The van der Waals surface area contributed by atoms with Gasteiger partial charge in [0.15, 0.2) is 5.82 Å². The second-order valence-corrected chi connectivity index (χ2v) is 5.48. The molecule has 20 heavy (non-hydrogen) atoms. The molecule has 1 heterocycles. The van der Waals surface area contributed by atoms with Crippen molar-refractivity contribution in [1.82, 2.24) is 14.9 Å². The molecule has 1 saturated carbocycles. The molecule has 1 aromatic carbocycles. The number of H-pyrrole nitrogens is 1. The van der Waals surface area contributed by atoms with E-state index in [1.165, 1.54) is 0 Å². The Bertz CT molecular complexity index is 710. The van der Waals surface area contributed by atoms with Gasteiger partial charge in [-0.1, -0.05) is 41.9 Å². The van der Waals surface area contributed by atoms with Crippen molar-refractivity contribution < 1.29 is 0 Å². The molecule has 0 saturated heterocycles. The average Bonchev–Trinajstić information content (AvgIpc) is 3.22. The van der Waals surface area contributed by atoms with Crippen LogP contribution < -0.4 is 0 Å². The van der Waals surface area contributed by atoms with Gasteiger partial charge >= 0.3 is 0 Å². The molecule has 1 aliphatic carbocycles. The van der Waals surface area contributed by atoms with Gasteiger partial charge in [0.05, 0.1) is 11.2 Å². The van der Waals surface area contributed by atoms with E-state index < -0.39 is 0 Å². The summed E-state index contributed by atoms with van der Waals surface area (Å²) in [5.41, 5.74) is 1.03. The van der Waals surface area contributed by atoms with Gasteiger partial charge in [0, 0.05) is 5.92 Å². The highest BCUT2D eigenvalue weighted by Gasteiger charge is 2.29. The van der Waals surface area contributed by atoms with Crippen molar-refractivity contribution >= 4 is 36.1 Å². The molecule has 0 unspecified atom stereocenters. The molecule has 0 spiro atoms. The molecular formula is C14H13ClN4S. The lowest BCUT2D eigenvalue weighted by molar-refractivity contribution is 0.773. The van der Waals surface area contributed by atoms with Crippen LogP contribution in [-0.4, -0.2) is 21.1 Å². The Kier molecular flexibility index (Phi) is 3.80. The van der Waals surface area contributed by atoms with E-state index >= 15 is 0 Å². The number of aromatic amines is 1. The quantitative estimate of drug-likeness (QED) is 0.687. The number of allylic oxidation sites excluding steroid dienone is 1. The first kappa shape index (κ1) is 13.3. The minimum absolute atomic E-state index is 0.469. The number of nitrogens with one attached hydrogen (secondary N) is 1. The smallest absolute Gasteiger partial charge is 0.216 e. The van der Waals surface area contributed by atoms with E-state index in [-0.39, 0.29) is 0 Å². The minimum atomic E-state index is 0.469. The van der Waals surface area contributed by atoms with E-state index in [9.17, 15) is 0 Å². The van der Waals surface area contributed by atoms with Crippen molar-refractivity contribution in [2.45, 2.75) is 18.8 Å². The lowest BCUT2D eigenvalue weighted by atomic mass is 10.2. The Balaban J connectivity index is 1.82. The van der Waals surface area contributed by atoms with Gasteiger partial charge in [-0.3, -0.25) is 5.10 Å². The molecule has 0 amide bonds. The van der Waals surface area contributed by atoms with Crippen molar-refractivity contribution in [3.05, 3.63) is 51.5 Å². The van der Waals surface area contributed by atoms with Crippen molar-refractivity contribution in [2.24, 2.45) is 5.10 Å². The maximum Gasteiger partial charge on any atom is 0.216 e. The van der Waals surface area contributed by atoms with Crippen LogP contribution in [0.25, 0.3) is 6.08 Å². The molecule has 1 fully saturated rings. The predicted octanol–water partition coefficient (Wildman–Crippen LogP) is 3.93. The van der Waals surface area contributed by atoms with Gasteiger partial charge in [-0.25, -0.2) is 0 Å². The first-order valence-electron chi connectivity index (χ1n) is 6.38. The van der Waals surface area contributed by atoms with Crippen LogP contribution in [0.4, 0.5) is 0 Å². The maximum absolute atomic E-state index is 6.17. The molecule has 0 radical (unpaired) electrons. The van der Waals surface area contributed by atoms with E-state index in [0.29, 0.717) is 15.7 Å². The molecule has 2 aromatic rings. The van der Waals surface area contributed by atoms with Gasteiger partial charge in [-0.2, -0.15) is 14.9 Å². The second kappa shape index (κ2) is 5.73. The zero-order valence-electron chi connectivity index (χ0n) is 10.7. The molecule has 1 N–H and O–H groups in total. The van der Waals surface area contributed by atoms with E-state index in [1.807, 2.05) is 36.4 Å². The van der Waals surface area contributed by atoms with Crippen LogP contribution in [0.15, 0.2) is 40.5 Å². The first-order valence-corrected chi connectivity index (χ1v) is 7.16. The number of aromatic nitrogens is 3. The third-order valence-electron chi connectivity index (χ3n) is 3.02. The Morgan fingerprint density at radius 3 is 2.85 bits per heavy atom. The summed E-state index contributed by atoms with van der Waals surface area (Å²) in [4.78, 5) is 0. The van der Waals surface area contributed by atoms with Gasteiger partial charge < -0.3 is 0 Å². The van der Waals surface area contributed by atoms with Gasteiger partial charge in [-0.15, -0.1) is 0 Å². The topological polar surface area (TPSA) is 46.0 Å². The Morgan fingerprint density at radius 1 is 1.40 bits per heavy atom. The Labute approximate surface area is 126 Å². The number of rotatable bonds is 4. The lowest BCUT2D eigenvalue weighted by Crippen LogP contribution is -1.96. The number of benzene rings is 1. The molecule has 0 aliphatic heterocycles. The van der Waals surface area contributed by atoms with E-state index in [2.05, 4.69) is 15.3 Å². The zero-order valence-corrected chi connectivity index (χ0v) is 12.2. The van der Waals surface area contributed by atoms with E-state index in [0.717, 1.165) is 24.2 Å². The third kappa shape index (κ3) is 3.05. The van der Waals surface area contributed by atoms with Crippen LogP contribution >= 0.6 is 23.8 Å². The number of hydrogen-bond donors (Lipinski definition) is 1. The van der Waals surface area contributed by atoms with Crippen molar-refractivity contribution in [2.75, 3.05) is 0 Å². The fraction of sp³-hybridized carbons (Fsp3) is 0.214. The summed E-state index contributed by atoms with van der Waals surface area (Å²) in [6, 6.07) is 9.85. The first-order chi connectivity index (χ1) is 9.74. The van der Waals surface area contributed by atoms with Crippen LogP contribution in [0, 0.1) is 4.77 Å². The summed E-state index contributed by atoms with van der Waals surface area (Å²) < 4.78 is 2.14. The van der Waals surface area contributed by atoms with Gasteiger partial charge in [0.2, 0.25) is 4.77 Å². The highest BCUT2D eigenvalue weighted by Crippen LogP contribution is 2.38. The average molecular weight is 305 g/mol. The number of halogens is 1. The Hall–Kier alpha value is -1.72. The fourth-order valence-corrected chi connectivity index (χ4v) is 2.24. The standard InChI is InChI=1S/C14H13ClN4S/c15-12(8-10-4-2-1-3-5-10)9-16-19-13(11-6-7-11)17-18-14(19)20/h1-5,8-9,11H,6-7H2,(H,18,20)/b12-8-,16-9?. The van der Waals surface area contributed by atoms with Crippen molar-refractivity contribution in [3.8, 4) is 0 Å².